The molecule has 4 aromatic rings. The molecule has 0 saturated carbocycles. The Morgan fingerprint density at radius 1 is 0.826 bits per heavy atom. The van der Waals surface area contributed by atoms with E-state index in [4.69, 9.17) is 13.8 Å². The lowest BCUT2D eigenvalue weighted by Gasteiger charge is -2.38. The van der Waals surface area contributed by atoms with Gasteiger partial charge < -0.3 is 24.0 Å². The minimum Gasteiger partial charge on any atom is -0.453 e. The molecule has 2 saturated heterocycles. The number of hydrogen-bond donors (Lipinski definition) is 3. The number of carbonyl (C=O) groups excluding carboxylic acids is 1. The Morgan fingerprint density at radius 2 is 1.39 bits per heavy atom. The van der Waals surface area contributed by atoms with Crippen molar-refractivity contribution in [3.8, 4) is 0 Å². The summed E-state index contributed by atoms with van der Waals surface area (Å²) in [6.07, 6.45) is 2.89. The largest absolute Gasteiger partial charge is 0.453 e. The van der Waals surface area contributed by atoms with E-state index in [-0.39, 0.29) is 41.5 Å². The fourth-order valence-electron chi connectivity index (χ4n) is 6.17. The molecule has 0 bridgehead atoms. The standard InChI is InChI=1S/C17H18F2N2O4.C15H16F2N2O2/c1-24-17(23)21-5-4-11(15-9-16(22)20-25-15)7-13(21)6-10-2-3-12(18)8-14(10)19;16-11-2-1-9(13(17)7-11)5-12-6-10(3-4-18-12)14-8-15(20)19-21-14/h2-3,8-9,11,13H,4-7H2,1H3,(H,20,22);1-2,7-8,10,12,18H,3-6H2,(H,19,20)/t11-,13-;10-,12-/m11/s1. The highest BCUT2D eigenvalue weighted by atomic mass is 19.1. The number of ether oxygens (including phenoxy) is 1. The van der Waals surface area contributed by atoms with Gasteiger partial charge in [-0.1, -0.05) is 12.1 Å². The molecule has 14 heteroatoms. The molecule has 0 unspecified atom stereocenters. The third-order valence-electron chi connectivity index (χ3n) is 8.46. The van der Waals surface area contributed by atoms with Crippen LogP contribution in [0.15, 0.2) is 67.2 Å². The summed E-state index contributed by atoms with van der Waals surface area (Å²) in [6.45, 7) is 1.16. The van der Waals surface area contributed by atoms with Crippen molar-refractivity contribution in [1.82, 2.24) is 20.5 Å². The predicted molar refractivity (Wildman–Crippen MR) is 157 cm³/mol. The topological polar surface area (TPSA) is 134 Å². The van der Waals surface area contributed by atoms with Crippen LogP contribution in [0.1, 0.15) is 60.2 Å². The maximum absolute atomic E-state index is 14.0. The summed E-state index contributed by atoms with van der Waals surface area (Å²) in [5.41, 5.74) is 0.234. The van der Waals surface area contributed by atoms with Crippen molar-refractivity contribution in [2.75, 3.05) is 20.2 Å². The summed E-state index contributed by atoms with van der Waals surface area (Å²) in [6, 6.07) is 9.60. The molecule has 2 aromatic carbocycles. The normalized spacial score (nSPS) is 21.4. The van der Waals surface area contributed by atoms with Crippen LogP contribution in [0.3, 0.4) is 0 Å². The lowest BCUT2D eigenvalue weighted by atomic mass is 9.86. The fraction of sp³-hybridized carbons (Fsp3) is 0.406. The van der Waals surface area contributed by atoms with Crippen LogP contribution in [-0.4, -0.2) is 53.6 Å². The average Bonchev–Trinajstić information content (AvgIpc) is 3.68. The SMILES string of the molecule is COC(=O)N1CC[C@@H](c2cc(=O)[nH]o2)C[C@H]1Cc1ccc(F)cc1F.O=c1cc([C@@H]2CCN[C@H](Cc3ccc(F)cc3F)C2)o[nH]1. The van der Waals surface area contributed by atoms with Crippen molar-refractivity contribution >= 4 is 6.09 Å². The fourth-order valence-corrected chi connectivity index (χ4v) is 6.17. The van der Waals surface area contributed by atoms with E-state index in [0.29, 0.717) is 48.5 Å². The van der Waals surface area contributed by atoms with Crippen LogP contribution in [0.25, 0.3) is 0 Å². The van der Waals surface area contributed by atoms with Gasteiger partial charge >= 0.3 is 6.09 Å². The summed E-state index contributed by atoms with van der Waals surface area (Å²) in [5.74, 6) is -1.18. The minimum atomic E-state index is -0.653. The molecule has 0 radical (unpaired) electrons. The number of hydrogen-bond acceptors (Lipinski definition) is 7. The van der Waals surface area contributed by atoms with Crippen LogP contribution in [0.4, 0.5) is 22.4 Å². The van der Waals surface area contributed by atoms with Crippen molar-refractivity contribution in [1.29, 1.82) is 0 Å². The number of carbonyl (C=O) groups is 1. The minimum absolute atomic E-state index is 0.0731. The third-order valence-corrected chi connectivity index (χ3v) is 8.46. The van der Waals surface area contributed by atoms with Gasteiger partial charge in [0.15, 0.2) is 0 Å². The van der Waals surface area contributed by atoms with E-state index in [9.17, 15) is 31.9 Å². The van der Waals surface area contributed by atoms with Gasteiger partial charge in [-0.05, 0) is 68.3 Å². The third kappa shape index (κ3) is 8.16. The Labute approximate surface area is 260 Å². The first kappa shape index (κ1) is 32.8. The molecule has 6 rings (SSSR count). The maximum atomic E-state index is 14.0. The van der Waals surface area contributed by atoms with Crippen molar-refractivity contribution in [3.05, 3.63) is 115 Å². The summed E-state index contributed by atoms with van der Waals surface area (Å²) >= 11 is 0. The highest BCUT2D eigenvalue weighted by molar-refractivity contribution is 5.68. The van der Waals surface area contributed by atoms with Gasteiger partial charge in [-0.2, -0.15) is 10.3 Å². The number of methoxy groups -OCH3 is 1. The summed E-state index contributed by atoms with van der Waals surface area (Å²) in [7, 11) is 1.29. The molecule has 2 fully saturated rings. The molecule has 2 aliphatic rings. The summed E-state index contributed by atoms with van der Waals surface area (Å²) < 4.78 is 68.8. The molecule has 1 amide bonds. The molecule has 10 nitrogen and oxygen atoms in total. The Kier molecular flexibility index (Phi) is 10.5. The Bertz CT molecular complexity index is 1750. The Morgan fingerprint density at radius 3 is 1.91 bits per heavy atom. The van der Waals surface area contributed by atoms with Gasteiger partial charge in [0, 0.05) is 54.7 Å². The number of halogens is 4. The van der Waals surface area contributed by atoms with E-state index >= 15 is 0 Å². The Balaban J connectivity index is 0.000000184. The number of nitrogens with one attached hydrogen (secondary N) is 3. The van der Waals surface area contributed by atoms with Crippen LogP contribution in [-0.2, 0) is 17.6 Å². The first-order valence-corrected chi connectivity index (χ1v) is 14.9. The highest BCUT2D eigenvalue weighted by Crippen LogP contribution is 2.33. The van der Waals surface area contributed by atoms with Crippen molar-refractivity contribution in [3.63, 3.8) is 0 Å². The highest BCUT2D eigenvalue weighted by Gasteiger charge is 2.35. The van der Waals surface area contributed by atoms with E-state index in [1.165, 1.54) is 48.4 Å². The zero-order valence-corrected chi connectivity index (χ0v) is 25.0. The number of likely N-dealkylation sites (tertiary alicyclic amines) is 1. The lowest BCUT2D eigenvalue weighted by molar-refractivity contribution is 0.0814. The molecule has 4 heterocycles. The number of H-pyrrole nitrogens is 2. The van der Waals surface area contributed by atoms with Gasteiger partial charge in [0.2, 0.25) is 0 Å². The number of rotatable bonds is 6. The number of amides is 1. The molecule has 4 atom stereocenters. The molecule has 2 aromatic heterocycles. The monoisotopic (exact) mass is 646 g/mol. The van der Waals surface area contributed by atoms with E-state index in [0.717, 1.165) is 31.5 Å². The van der Waals surface area contributed by atoms with Crippen LogP contribution in [0.2, 0.25) is 0 Å². The molecule has 246 valence electrons. The van der Waals surface area contributed by atoms with Crippen LogP contribution < -0.4 is 16.4 Å². The zero-order chi connectivity index (χ0) is 32.8. The van der Waals surface area contributed by atoms with Crippen molar-refractivity contribution in [2.45, 2.75) is 62.4 Å². The van der Waals surface area contributed by atoms with Crippen LogP contribution in [0, 0.1) is 23.3 Å². The first-order chi connectivity index (χ1) is 22.1. The predicted octanol–water partition coefficient (Wildman–Crippen LogP) is 5.13. The number of nitrogens with zero attached hydrogens (tertiary/aromatic N) is 1. The van der Waals surface area contributed by atoms with Gasteiger partial charge in [0.1, 0.15) is 34.8 Å². The second kappa shape index (κ2) is 14.7. The van der Waals surface area contributed by atoms with Gasteiger partial charge in [-0.25, -0.2) is 22.4 Å². The van der Waals surface area contributed by atoms with Gasteiger partial charge in [0.25, 0.3) is 11.1 Å². The zero-order valence-electron chi connectivity index (χ0n) is 25.0. The smallest absolute Gasteiger partial charge is 0.409 e. The first-order valence-electron chi connectivity index (χ1n) is 14.9. The molecule has 46 heavy (non-hydrogen) atoms. The van der Waals surface area contributed by atoms with Gasteiger partial charge in [0.05, 0.1) is 7.11 Å². The number of aromatic amines is 2. The quantitative estimate of drug-likeness (QED) is 0.248. The molecule has 0 spiro atoms. The van der Waals surface area contributed by atoms with Crippen LogP contribution in [0.5, 0.6) is 0 Å². The molecular weight excluding hydrogens is 612 g/mol. The van der Waals surface area contributed by atoms with Gasteiger partial charge in [-0.15, -0.1) is 0 Å². The van der Waals surface area contributed by atoms with Crippen LogP contribution >= 0.6 is 0 Å². The van der Waals surface area contributed by atoms with Crippen molar-refractivity contribution in [2.24, 2.45) is 0 Å². The average molecular weight is 647 g/mol. The number of benzene rings is 2. The Hall–Kier alpha value is -4.59. The van der Waals surface area contributed by atoms with E-state index in [1.807, 2.05) is 0 Å². The number of aromatic nitrogens is 2. The summed E-state index contributed by atoms with van der Waals surface area (Å²) in [4.78, 5) is 36.0. The molecule has 0 aliphatic carbocycles. The molecular formula is C32H34F4N4O6. The van der Waals surface area contributed by atoms with Crippen molar-refractivity contribution < 1.29 is 36.1 Å². The molecule has 2 aliphatic heterocycles. The second-order valence-corrected chi connectivity index (χ2v) is 11.5. The maximum Gasteiger partial charge on any atom is 0.409 e. The van der Waals surface area contributed by atoms with E-state index in [2.05, 4.69) is 15.6 Å². The van der Waals surface area contributed by atoms with E-state index in [1.54, 1.807) is 0 Å². The van der Waals surface area contributed by atoms with E-state index < -0.39 is 29.4 Å². The second-order valence-electron chi connectivity index (χ2n) is 11.5. The lowest BCUT2D eigenvalue weighted by Crippen LogP contribution is -2.46. The number of piperidine rings is 2. The molecule has 3 N–H and O–H groups in total. The van der Waals surface area contributed by atoms with Gasteiger partial charge in [-0.3, -0.25) is 9.59 Å². The summed E-state index contributed by atoms with van der Waals surface area (Å²) in [5, 5.41) is 7.87.